The number of nitrogens with two attached hydrogens (primary N) is 1. The summed E-state index contributed by atoms with van der Waals surface area (Å²) in [6.07, 6.45) is 1.42. The molecule has 4 nitrogen and oxygen atoms in total. The predicted molar refractivity (Wildman–Crippen MR) is 61.4 cm³/mol. The first-order chi connectivity index (χ1) is 6.84. The molecule has 0 bridgehead atoms. The summed E-state index contributed by atoms with van der Waals surface area (Å²) in [5.41, 5.74) is 5.41. The maximum Gasteiger partial charge on any atom is 0.237 e. The number of nitrogens with one attached hydrogen (secondary N) is 1. The highest BCUT2D eigenvalue weighted by molar-refractivity contribution is 5.82. The van der Waals surface area contributed by atoms with Gasteiger partial charge in [0.05, 0.1) is 6.04 Å². The summed E-state index contributed by atoms with van der Waals surface area (Å²) in [6, 6.07) is -0.465. The maximum absolute atomic E-state index is 11.7. The Balaban J connectivity index is 4.23. The standard InChI is InChI=1S/C11H24N2O2/c1-5-8(2)9(12)10(15)13-11(3,4)6-7-14/h8-9,14H,5-7,12H2,1-4H3,(H,13,15)/t8-,9-/m0/s1. The number of hydrogen-bond acceptors (Lipinski definition) is 3. The molecule has 1 amide bonds. The average Bonchev–Trinajstić information content (AvgIpc) is 2.14. The minimum Gasteiger partial charge on any atom is -0.396 e. The van der Waals surface area contributed by atoms with Crippen molar-refractivity contribution in [2.45, 2.75) is 52.1 Å². The fraction of sp³-hybridized carbons (Fsp3) is 0.909. The van der Waals surface area contributed by atoms with Gasteiger partial charge in [-0.1, -0.05) is 20.3 Å². The average molecular weight is 216 g/mol. The van der Waals surface area contributed by atoms with E-state index < -0.39 is 11.6 Å². The molecule has 0 aromatic carbocycles. The maximum atomic E-state index is 11.7. The van der Waals surface area contributed by atoms with Crippen molar-refractivity contribution < 1.29 is 9.90 Å². The van der Waals surface area contributed by atoms with E-state index in [1.807, 2.05) is 27.7 Å². The van der Waals surface area contributed by atoms with Crippen LogP contribution in [0.3, 0.4) is 0 Å². The summed E-state index contributed by atoms with van der Waals surface area (Å²) in [7, 11) is 0. The predicted octanol–water partition coefficient (Wildman–Crippen LogP) is 0.637. The Bertz CT molecular complexity index is 205. The summed E-state index contributed by atoms with van der Waals surface area (Å²) >= 11 is 0. The highest BCUT2D eigenvalue weighted by atomic mass is 16.3. The van der Waals surface area contributed by atoms with Crippen LogP contribution in [0.4, 0.5) is 0 Å². The molecule has 0 rings (SSSR count). The summed E-state index contributed by atoms with van der Waals surface area (Å²) in [6.45, 7) is 7.79. The van der Waals surface area contributed by atoms with E-state index in [1.165, 1.54) is 0 Å². The van der Waals surface area contributed by atoms with Crippen molar-refractivity contribution in [2.24, 2.45) is 11.7 Å². The second-order valence-electron chi connectivity index (χ2n) is 4.76. The van der Waals surface area contributed by atoms with Gasteiger partial charge < -0.3 is 16.2 Å². The van der Waals surface area contributed by atoms with E-state index in [4.69, 9.17) is 10.8 Å². The van der Waals surface area contributed by atoms with Crippen LogP contribution in [-0.4, -0.2) is 29.2 Å². The van der Waals surface area contributed by atoms with Crippen molar-refractivity contribution in [3.8, 4) is 0 Å². The third kappa shape index (κ3) is 5.14. The molecule has 0 aromatic heterocycles. The molecule has 0 aliphatic carbocycles. The Morgan fingerprint density at radius 3 is 2.47 bits per heavy atom. The zero-order chi connectivity index (χ0) is 12.1. The zero-order valence-corrected chi connectivity index (χ0v) is 10.2. The Hall–Kier alpha value is -0.610. The lowest BCUT2D eigenvalue weighted by atomic mass is 9.96. The number of carbonyl (C=O) groups is 1. The highest BCUT2D eigenvalue weighted by Crippen LogP contribution is 2.10. The third-order valence-corrected chi connectivity index (χ3v) is 2.76. The number of carbonyl (C=O) groups excluding carboxylic acids is 1. The van der Waals surface area contributed by atoms with Gasteiger partial charge in [0.2, 0.25) is 5.91 Å². The topological polar surface area (TPSA) is 75.4 Å². The fourth-order valence-electron chi connectivity index (χ4n) is 1.27. The number of amides is 1. The van der Waals surface area contributed by atoms with Crippen LogP contribution in [0.2, 0.25) is 0 Å². The van der Waals surface area contributed by atoms with Crippen molar-refractivity contribution >= 4 is 5.91 Å². The smallest absolute Gasteiger partial charge is 0.237 e. The largest absolute Gasteiger partial charge is 0.396 e. The van der Waals surface area contributed by atoms with E-state index in [1.54, 1.807) is 0 Å². The number of aliphatic hydroxyl groups excluding tert-OH is 1. The first-order valence-corrected chi connectivity index (χ1v) is 5.52. The molecule has 0 aliphatic heterocycles. The van der Waals surface area contributed by atoms with Gasteiger partial charge in [-0.05, 0) is 26.2 Å². The summed E-state index contributed by atoms with van der Waals surface area (Å²) in [5.74, 6) is 0.0396. The molecule has 90 valence electrons. The van der Waals surface area contributed by atoms with Crippen LogP contribution in [0, 0.1) is 5.92 Å². The van der Waals surface area contributed by atoms with E-state index in [0.29, 0.717) is 6.42 Å². The monoisotopic (exact) mass is 216 g/mol. The molecule has 0 aliphatic rings. The fourth-order valence-corrected chi connectivity index (χ4v) is 1.27. The lowest BCUT2D eigenvalue weighted by Crippen LogP contribution is -2.52. The van der Waals surface area contributed by atoms with Gasteiger partial charge in [-0.2, -0.15) is 0 Å². The van der Waals surface area contributed by atoms with E-state index in [2.05, 4.69) is 5.32 Å². The Kier molecular flexibility index (Phi) is 5.83. The van der Waals surface area contributed by atoms with Crippen LogP contribution < -0.4 is 11.1 Å². The van der Waals surface area contributed by atoms with E-state index in [0.717, 1.165) is 6.42 Å². The van der Waals surface area contributed by atoms with E-state index >= 15 is 0 Å². The molecule has 0 unspecified atom stereocenters. The van der Waals surface area contributed by atoms with Gasteiger partial charge in [0.25, 0.3) is 0 Å². The van der Waals surface area contributed by atoms with Crippen molar-refractivity contribution in [2.75, 3.05) is 6.61 Å². The molecule has 4 heteroatoms. The van der Waals surface area contributed by atoms with Crippen molar-refractivity contribution in [3.63, 3.8) is 0 Å². The number of hydrogen-bond donors (Lipinski definition) is 3. The van der Waals surface area contributed by atoms with Gasteiger partial charge in [-0.3, -0.25) is 4.79 Å². The minimum absolute atomic E-state index is 0.0614. The van der Waals surface area contributed by atoms with Crippen molar-refractivity contribution in [3.05, 3.63) is 0 Å². The molecule has 0 spiro atoms. The molecular formula is C11H24N2O2. The summed E-state index contributed by atoms with van der Waals surface area (Å²) in [4.78, 5) is 11.7. The zero-order valence-electron chi connectivity index (χ0n) is 10.2. The lowest BCUT2D eigenvalue weighted by Gasteiger charge is -2.28. The highest BCUT2D eigenvalue weighted by Gasteiger charge is 2.25. The van der Waals surface area contributed by atoms with Crippen LogP contribution >= 0.6 is 0 Å². The molecule has 15 heavy (non-hydrogen) atoms. The van der Waals surface area contributed by atoms with Crippen molar-refractivity contribution in [1.82, 2.24) is 5.32 Å². The molecule has 0 heterocycles. The first kappa shape index (κ1) is 14.4. The lowest BCUT2D eigenvalue weighted by molar-refractivity contribution is -0.125. The molecule has 0 aromatic rings. The van der Waals surface area contributed by atoms with Gasteiger partial charge in [-0.25, -0.2) is 0 Å². The Labute approximate surface area is 92.2 Å². The number of rotatable bonds is 6. The van der Waals surface area contributed by atoms with Gasteiger partial charge in [0, 0.05) is 12.1 Å². The van der Waals surface area contributed by atoms with Gasteiger partial charge in [-0.15, -0.1) is 0 Å². The second kappa shape index (κ2) is 6.08. The summed E-state index contributed by atoms with van der Waals surface area (Å²) in [5, 5.41) is 11.7. The SMILES string of the molecule is CC[C@H](C)[C@H](N)C(=O)NC(C)(C)CCO. The van der Waals surface area contributed by atoms with Crippen LogP contribution in [-0.2, 0) is 4.79 Å². The molecule has 0 fully saturated rings. The molecule has 0 saturated carbocycles. The number of aliphatic hydroxyl groups is 1. The minimum atomic E-state index is -0.465. The normalized spacial score (nSPS) is 15.9. The Morgan fingerprint density at radius 1 is 1.53 bits per heavy atom. The molecule has 0 saturated heterocycles. The van der Waals surface area contributed by atoms with Crippen LogP contribution in [0.25, 0.3) is 0 Å². The molecule has 0 radical (unpaired) electrons. The van der Waals surface area contributed by atoms with Crippen LogP contribution in [0.5, 0.6) is 0 Å². The Morgan fingerprint density at radius 2 is 2.07 bits per heavy atom. The molecule has 4 N–H and O–H groups in total. The second-order valence-corrected chi connectivity index (χ2v) is 4.76. The van der Waals surface area contributed by atoms with Gasteiger partial charge in [0.15, 0.2) is 0 Å². The van der Waals surface area contributed by atoms with E-state index in [9.17, 15) is 4.79 Å². The third-order valence-electron chi connectivity index (χ3n) is 2.76. The van der Waals surface area contributed by atoms with E-state index in [-0.39, 0.29) is 18.4 Å². The van der Waals surface area contributed by atoms with Crippen LogP contribution in [0.15, 0.2) is 0 Å². The van der Waals surface area contributed by atoms with Crippen molar-refractivity contribution in [1.29, 1.82) is 0 Å². The summed E-state index contributed by atoms with van der Waals surface area (Å²) < 4.78 is 0. The first-order valence-electron chi connectivity index (χ1n) is 5.52. The molecular weight excluding hydrogens is 192 g/mol. The van der Waals surface area contributed by atoms with Gasteiger partial charge >= 0.3 is 0 Å². The van der Waals surface area contributed by atoms with Crippen LogP contribution in [0.1, 0.15) is 40.5 Å². The molecule has 2 atom stereocenters. The quantitative estimate of drug-likeness (QED) is 0.610. The van der Waals surface area contributed by atoms with Gasteiger partial charge in [0.1, 0.15) is 0 Å².